The molecule has 0 saturated carbocycles. The maximum absolute atomic E-state index is 12.5. The molecule has 0 aliphatic heterocycles. The molecule has 1 aromatic carbocycles. The Bertz CT molecular complexity index is 515. The van der Waals surface area contributed by atoms with Gasteiger partial charge in [0.15, 0.2) is 0 Å². The van der Waals surface area contributed by atoms with Crippen molar-refractivity contribution >= 4 is 22.6 Å². The van der Waals surface area contributed by atoms with Gasteiger partial charge in [-0.2, -0.15) is 4.31 Å². The van der Waals surface area contributed by atoms with E-state index in [9.17, 15) is 8.42 Å². The first-order valence-corrected chi connectivity index (χ1v) is 7.71. The molecule has 0 heterocycles. The van der Waals surface area contributed by atoms with Crippen LogP contribution < -0.4 is 5.46 Å². The van der Waals surface area contributed by atoms with Crippen molar-refractivity contribution in [3.8, 4) is 0 Å². The Morgan fingerprint density at radius 1 is 1.25 bits per heavy atom. The molecule has 1 rings (SSSR count). The first-order valence-electron chi connectivity index (χ1n) is 6.27. The highest BCUT2D eigenvalue weighted by Gasteiger charge is 2.27. The molecule has 20 heavy (non-hydrogen) atoms. The third-order valence-corrected chi connectivity index (χ3v) is 4.97. The van der Waals surface area contributed by atoms with Gasteiger partial charge in [0.1, 0.15) is 0 Å². The van der Waals surface area contributed by atoms with Gasteiger partial charge >= 0.3 is 7.12 Å². The first-order chi connectivity index (χ1) is 9.30. The Morgan fingerprint density at radius 3 is 2.20 bits per heavy atom. The van der Waals surface area contributed by atoms with Gasteiger partial charge in [0.2, 0.25) is 10.0 Å². The van der Waals surface area contributed by atoms with Crippen molar-refractivity contribution in [2.24, 2.45) is 0 Å². The summed E-state index contributed by atoms with van der Waals surface area (Å²) in [5.41, 5.74) is 0.247. The Labute approximate surface area is 120 Å². The second-order valence-corrected chi connectivity index (χ2v) is 6.54. The predicted molar refractivity (Wildman–Crippen MR) is 77.2 cm³/mol. The van der Waals surface area contributed by atoms with Crippen LogP contribution in [0.5, 0.6) is 0 Å². The minimum Gasteiger partial charge on any atom is -0.423 e. The molecule has 0 aliphatic rings. The van der Waals surface area contributed by atoms with Crippen LogP contribution in [0.3, 0.4) is 0 Å². The minimum atomic E-state index is -3.62. The van der Waals surface area contributed by atoms with Crippen LogP contribution in [0.1, 0.15) is 13.8 Å². The molecule has 1 aromatic rings. The number of rotatable bonds is 7. The quantitative estimate of drug-likeness (QED) is 0.658. The van der Waals surface area contributed by atoms with Crippen molar-refractivity contribution < 1.29 is 23.2 Å². The number of ether oxygens (including phenoxy) is 1. The second-order valence-electron chi connectivity index (χ2n) is 4.65. The maximum Gasteiger partial charge on any atom is 0.488 e. The number of methoxy groups -OCH3 is 1. The number of nitrogens with zero attached hydrogens (tertiary/aromatic N) is 1. The fourth-order valence-electron chi connectivity index (χ4n) is 1.78. The lowest BCUT2D eigenvalue weighted by Crippen LogP contribution is -2.39. The van der Waals surface area contributed by atoms with E-state index in [-0.39, 0.29) is 22.9 Å². The van der Waals surface area contributed by atoms with Crippen LogP contribution in [-0.4, -0.2) is 56.2 Å². The smallest absolute Gasteiger partial charge is 0.423 e. The highest BCUT2D eigenvalue weighted by atomic mass is 32.2. The molecule has 0 unspecified atom stereocenters. The summed E-state index contributed by atoms with van der Waals surface area (Å²) in [5.74, 6) is 0. The van der Waals surface area contributed by atoms with Crippen molar-refractivity contribution in [3.63, 3.8) is 0 Å². The van der Waals surface area contributed by atoms with Crippen LogP contribution in [0, 0.1) is 0 Å². The molecule has 2 N–H and O–H groups in total. The molecule has 112 valence electrons. The third-order valence-electron chi connectivity index (χ3n) is 2.88. The van der Waals surface area contributed by atoms with Gasteiger partial charge in [0.25, 0.3) is 0 Å². The second kappa shape index (κ2) is 7.19. The SMILES string of the molecule is COCCN(C(C)C)S(=O)(=O)c1ccc(B(O)O)cc1. The largest absolute Gasteiger partial charge is 0.488 e. The van der Waals surface area contributed by atoms with Gasteiger partial charge < -0.3 is 14.8 Å². The Hall–Kier alpha value is -0.925. The molecule has 0 atom stereocenters. The molecule has 0 radical (unpaired) electrons. The summed E-state index contributed by atoms with van der Waals surface area (Å²) in [6.45, 7) is 4.16. The number of hydrogen-bond acceptors (Lipinski definition) is 5. The van der Waals surface area contributed by atoms with Crippen LogP contribution in [0.4, 0.5) is 0 Å². The highest BCUT2D eigenvalue weighted by Crippen LogP contribution is 2.17. The fraction of sp³-hybridized carbons (Fsp3) is 0.500. The monoisotopic (exact) mass is 301 g/mol. The van der Waals surface area contributed by atoms with Gasteiger partial charge in [-0.3, -0.25) is 0 Å². The molecule has 0 amide bonds. The van der Waals surface area contributed by atoms with Crippen molar-refractivity contribution in [3.05, 3.63) is 24.3 Å². The van der Waals surface area contributed by atoms with Crippen LogP contribution in [0.25, 0.3) is 0 Å². The van der Waals surface area contributed by atoms with E-state index in [2.05, 4.69) is 0 Å². The van der Waals surface area contributed by atoms with E-state index in [1.165, 1.54) is 35.7 Å². The summed E-state index contributed by atoms with van der Waals surface area (Å²) in [6.07, 6.45) is 0. The van der Waals surface area contributed by atoms with E-state index in [0.29, 0.717) is 6.61 Å². The fourth-order valence-corrected chi connectivity index (χ4v) is 3.41. The van der Waals surface area contributed by atoms with Crippen LogP contribution in [-0.2, 0) is 14.8 Å². The molecule has 8 heteroatoms. The summed E-state index contributed by atoms with van der Waals surface area (Å²) in [6, 6.07) is 5.30. The van der Waals surface area contributed by atoms with E-state index < -0.39 is 17.1 Å². The predicted octanol–water partition coefficient (Wildman–Crippen LogP) is -0.588. The third kappa shape index (κ3) is 4.03. The van der Waals surface area contributed by atoms with E-state index in [0.717, 1.165) is 0 Å². The maximum atomic E-state index is 12.5. The average Bonchev–Trinajstić information content (AvgIpc) is 2.38. The molecule has 0 aromatic heterocycles. The molecule has 0 spiro atoms. The zero-order chi connectivity index (χ0) is 15.3. The zero-order valence-electron chi connectivity index (χ0n) is 11.9. The van der Waals surface area contributed by atoms with Gasteiger partial charge in [0, 0.05) is 19.7 Å². The van der Waals surface area contributed by atoms with Crippen molar-refractivity contribution in [1.82, 2.24) is 4.31 Å². The van der Waals surface area contributed by atoms with E-state index in [4.69, 9.17) is 14.8 Å². The van der Waals surface area contributed by atoms with Gasteiger partial charge in [-0.05, 0) is 31.4 Å². The average molecular weight is 301 g/mol. The number of hydrogen-bond donors (Lipinski definition) is 2. The number of benzene rings is 1. The van der Waals surface area contributed by atoms with Gasteiger partial charge in [-0.15, -0.1) is 0 Å². The topological polar surface area (TPSA) is 87.1 Å². The van der Waals surface area contributed by atoms with E-state index >= 15 is 0 Å². The molecule has 0 bridgehead atoms. The Morgan fingerprint density at radius 2 is 1.80 bits per heavy atom. The Kier molecular flexibility index (Phi) is 6.16. The van der Waals surface area contributed by atoms with Crippen molar-refractivity contribution in [1.29, 1.82) is 0 Å². The van der Waals surface area contributed by atoms with Gasteiger partial charge in [-0.1, -0.05) is 12.1 Å². The Balaban J connectivity index is 3.06. The molecule has 0 fully saturated rings. The van der Waals surface area contributed by atoms with Gasteiger partial charge in [0.05, 0.1) is 11.5 Å². The molecule has 0 saturated heterocycles. The minimum absolute atomic E-state index is 0.117. The summed E-state index contributed by atoms with van der Waals surface area (Å²) in [4.78, 5) is 0.117. The lowest BCUT2D eigenvalue weighted by Gasteiger charge is -2.25. The summed E-state index contributed by atoms with van der Waals surface area (Å²) < 4.78 is 31.3. The highest BCUT2D eigenvalue weighted by molar-refractivity contribution is 7.89. The normalized spacial score (nSPS) is 12.2. The summed E-state index contributed by atoms with van der Waals surface area (Å²) in [5, 5.41) is 18.0. The van der Waals surface area contributed by atoms with Crippen molar-refractivity contribution in [2.75, 3.05) is 20.3 Å². The summed E-state index contributed by atoms with van der Waals surface area (Å²) in [7, 11) is -3.72. The first kappa shape index (κ1) is 17.1. The molecular formula is C12H20BNO5S. The molecule has 6 nitrogen and oxygen atoms in total. The molecule has 0 aliphatic carbocycles. The number of sulfonamides is 1. The van der Waals surface area contributed by atoms with Gasteiger partial charge in [-0.25, -0.2) is 8.42 Å². The van der Waals surface area contributed by atoms with E-state index in [1.54, 1.807) is 13.8 Å². The standard InChI is InChI=1S/C12H20BNO5S/c1-10(2)14(8-9-19-3)20(17,18)12-6-4-11(5-7-12)13(15)16/h4-7,10,15-16H,8-9H2,1-3H3. The van der Waals surface area contributed by atoms with Crippen LogP contribution >= 0.6 is 0 Å². The lowest BCUT2D eigenvalue weighted by atomic mass is 9.81. The van der Waals surface area contributed by atoms with Crippen LogP contribution in [0.15, 0.2) is 29.2 Å². The zero-order valence-corrected chi connectivity index (χ0v) is 12.7. The van der Waals surface area contributed by atoms with Crippen LogP contribution in [0.2, 0.25) is 0 Å². The molecular weight excluding hydrogens is 281 g/mol. The summed E-state index contributed by atoms with van der Waals surface area (Å²) >= 11 is 0. The lowest BCUT2D eigenvalue weighted by molar-refractivity contribution is 0.171. The van der Waals surface area contributed by atoms with Crippen molar-refractivity contribution in [2.45, 2.75) is 24.8 Å². The van der Waals surface area contributed by atoms with E-state index in [1.807, 2.05) is 0 Å².